The second-order valence-corrected chi connectivity index (χ2v) is 23.3. The number of fused-ring (bicyclic) bond motifs is 7. The maximum atomic E-state index is 12.3. The van der Waals surface area contributed by atoms with Crippen molar-refractivity contribution in [3.8, 4) is 0 Å². The lowest BCUT2D eigenvalue weighted by atomic mass is 9.47. The molecule has 5 aliphatic heterocycles. The molecule has 7 fully saturated rings. The van der Waals surface area contributed by atoms with E-state index < -0.39 is 148 Å². The second kappa shape index (κ2) is 21.9. The highest BCUT2D eigenvalue weighted by Gasteiger charge is 2.68. The van der Waals surface area contributed by atoms with Gasteiger partial charge in [0.25, 0.3) is 0 Å². The van der Waals surface area contributed by atoms with E-state index in [1.54, 1.807) is 0 Å². The Morgan fingerprint density at radius 3 is 1.86 bits per heavy atom. The number of rotatable bonds is 14. The van der Waals surface area contributed by atoms with Crippen molar-refractivity contribution in [1.82, 2.24) is 0 Å². The van der Waals surface area contributed by atoms with Crippen molar-refractivity contribution in [2.45, 2.75) is 234 Å². The molecular weight excluding hydrogens is 965 g/mol. The summed E-state index contributed by atoms with van der Waals surface area (Å²) < 4.78 is 54.6. The third kappa shape index (κ3) is 10.0. The van der Waals surface area contributed by atoms with Crippen LogP contribution in [0.1, 0.15) is 92.9 Å². The van der Waals surface area contributed by atoms with Crippen LogP contribution in [-0.4, -0.2) is 227 Å². The molecule has 3 saturated carbocycles. The molecule has 22 nitrogen and oxygen atoms in total. The van der Waals surface area contributed by atoms with Gasteiger partial charge in [-0.2, -0.15) is 0 Å². The molecule has 9 aliphatic rings. The summed E-state index contributed by atoms with van der Waals surface area (Å²) in [5.41, 5.74) is 1.94. The van der Waals surface area contributed by atoms with E-state index in [9.17, 15) is 66.4 Å². The molecule has 0 aromatic heterocycles. The quantitative estimate of drug-likeness (QED) is 0.0832. The normalized spacial score (nSPS) is 53.4. The maximum absolute atomic E-state index is 12.3. The molecule has 13 N–H and O–H groups in total. The monoisotopic (exact) mass is 1050 g/mol. The summed E-state index contributed by atoms with van der Waals surface area (Å²) in [5, 5.41) is 139. The molecule has 0 bridgehead atoms. The highest BCUT2D eigenvalue weighted by molar-refractivity contribution is 5.31. The first-order valence-corrected chi connectivity index (χ1v) is 26.5. The zero-order chi connectivity index (χ0) is 52.7. The van der Waals surface area contributed by atoms with Crippen LogP contribution in [0.2, 0.25) is 0 Å². The Morgan fingerprint density at radius 2 is 1.23 bits per heavy atom. The molecule has 9 rings (SSSR count). The molecular formula is C51H82O22. The van der Waals surface area contributed by atoms with Crippen molar-refractivity contribution < 1.29 is 109 Å². The van der Waals surface area contributed by atoms with E-state index in [-0.39, 0.29) is 53.1 Å². The van der Waals surface area contributed by atoms with E-state index in [1.807, 2.05) is 6.92 Å². The van der Waals surface area contributed by atoms with Crippen molar-refractivity contribution in [3.63, 3.8) is 0 Å². The molecule has 5 heterocycles. The molecule has 0 unspecified atom stereocenters. The Kier molecular flexibility index (Phi) is 16.9. The van der Waals surface area contributed by atoms with Crippen molar-refractivity contribution in [2.75, 3.05) is 19.8 Å². The van der Waals surface area contributed by atoms with Crippen LogP contribution in [0.25, 0.3) is 0 Å². The molecule has 4 saturated heterocycles. The first-order chi connectivity index (χ1) is 34.5. The van der Waals surface area contributed by atoms with Gasteiger partial charge in [-0.1, -0.05) is 32.4 Å². The lowest BCUT2D eigenvalue weighted by molar-refractivity contribution is -0.388. The van der Waals surface area contributed by atoms with Gasteiger partial charge in [-0.25, -0.2) is 0 Å². The van der Waals surface area contributed by atoms with Crippen molar-refractivity contribution in [1.29, 1.82) is 0 Å². The molecule has 418 valence electrons. The van der Waals surface area contributed by atoms with Crippen LogP contribution in [0.5, 0.6) is 0 Å². The van der Waals surface area contributed by atoms with E-state index in [4.69, 9.17) is 42.6 Å². The van der Waals surface area contributed by atoms with Crippen LogP contribution in [0.4, 0.5) is 0 Å². The number of hydrogen-bond donors (Lipinski definition) is 13. The standard InChI is InChI=1S/C51H82O22/c1-19(18-65-46-39(61)38(60)34(56)28(16-52)70-46)7-10-27-20(2)30-44(69-27)35(57)31-25-9-8-23-15-24(11-13-50(23,5)26(25)12-14-51(30,31)6)68-49-45(73-48-41(63)37(59)33(55)22(4)67-48)42(64)43(29(17-53)71-49)72-47-40(62)36(58)32(54)21(3)66-47/h8,19,21-22,24-26,28-49,52-64H,7,9-18H2,1-6H3/t19-,21+,22+,24+,25-,26+,28-,29-,30+,31-,32+,33+,34-,35-,36-,37-,38+,39-,40-,41-,42+,43-,44-,45-,46-,47+,48+,49-,50+,51-/m1/s1. The fourth-order valence-corrected chi connectivity index (χ4v) is 14.5. The Hall–Kier alpha value is -1.56. The van der Waals surface area contributed by atoms with Crippen LogP contribution in [-0.2, 0) is 42.6 Å². The summed E-state index contributed by atoms with van der Waals surface area (Å²) in [5.74, 6) is 1.37. The van der Waals surface area contributed by atoms with Crippen molar-refractivity contribution in [3.05, 3.63) is 23.0 Å². The Labute approximate surface area is 425 Å². The first kappa shape index (κ1) is 56.2. The summed E-state index contributed by atoms with van der Waals surface area (Å²) in [7, 11) is 0. The third-order valence-electron chi connectivity index (χ3n) is 18.9. The van der Waals surface area contributed by atoms with E-state index in [2.05, 4.69) is 26.8 Å². The average Bonchev–Trinajstić information content (AvgIpc) is 3.82. The fraction of sp³-hybridized carbons (Fsp3) is 0.922. The van der Waals surface area contributed by atoms with Gasteiger partial charge in [-0.3, -0.25) is 0 Å². The summed E-state index contributed by atoms with van der Waals surface area (Å²) >= 11 is 0. The van der Waals surface area contributed by atoms with Crippen LogP contribution in [0.15, 0.2) is 23.0 Å². The summed E-state index contributed by atoms with van der Waals surface area (Å²) in [6.07, 6.45) is -22.4. The van der Waals surface area contributed by atoms with E-state index >= 15 is 0 Å². The Balaban J connectivity index is 0.862. The molecule has 0 radical (unpaired) electrons. The summed E-state index contributed by atoms with van der Waals surface area (Å²) in [6, 6.07) is 0. The van der Waals surface area contributed by atoms with Crippen LogP contribution in [0, 0.1) is 40.4 Å². The largest absolute Gasteiger partial charge is 0.491 e. The van der Waals surface area contributed by atoms with Gasteiger partial charge in [0.15, 0.2) is 25.2 Å². The molecule has 0 aromatic carbocycles. The molecule has 30 atom stereocenters. The van der Waals surface area contributed by atoms with Gasteiger partial charge < -0.3 is 109 Å². The Morgan fingerprint density at radius 1 is 0.644 bits per heavy atom. The zero-order valence-electron chi connectivity index (χ0n) is 42.5. The Bertz CT molecular complexity index is 1960. The number of aliphatic hydroxyl groups excluding tert-OH is 13. The molecule has 22 heteroatoms. The molecule has 0 amide bonds. The number of hydrogen-bond acceptors (Lipinski definition) is 22. The number of ether oxygens (including phenoxy) is 9. The van der Waals surface area contributed by atoms with Crippen molar-refractivity contribution >= 4 is 0 Å². The van der Waals surface area contributed by atoms with Crippen LogP contribution < -0.4 is 0 Å². The summed E-state index contributed by atoms with van der Waals surface area (Å²) in [4.78, 5) is 0. The average molecular weight is 1050 g/mol. The topological polar surface area (TPSA) is 346 Å². The van der Waals surface area contributed by atoms with E-state index in [0.29, 0.717) is 25.7 Å². The summed E-state index contributed by atoms with van der Waals surface area (Å²) in [6.45, 7) is 10.6. The van der Waals surface area contributed by atoms with Gasteiger partial charge in [-0.15, -0.1) is 0 Å². The van der Waals surface area contributed by atoms with Gasteiger partial charge in [0.2, 0.25) is 0 Å². The number of aliphatic hydroxyl groups is 13. The molecule has 0 aromatic rings. The van der Waals surface area contributed by atoms with Gasteiger partial charge in [0, 0.05) is 12.3 Å². The molecule has 4 aliphatic carbocycles. The smallest absolute Gasteiger partial charge is 0.187 e. The van der Waals surface area contributed by atoms with Gasteiger partial charge >= 0.3 is 0 Å². The SMILES string of the molecule is CC1=C(CC[C@@H](C)CO[C@@H]2O[C@H](CO)[C@@H](O)[C@H](O)[C@H]2O)O[C@H]2[C@H](O)[C@H]3[C@@H]4CC=C5C[C@@H](O[C@@H]6O[C@H](CO)[C@@H](O[C@@H]7O[C@@H](C)[C@H](O)[C@@H](O)[C@H]7O)[C@H](O)[C@H]6O[C@@H]6O[C@@H](C)[C@H](O)[C@@H](O)[C@H]6O)CC[C@]5(C)[C@H]4CC[C@]3(C)[C@@H]12. The van der Waals surface area contributed by atoms with Crippen LogP contribution in [0.3, 0.4) is 0 Å². The van der Waals surface area contributed by atoms with E-state index in [1.165, 1.54) is 19.4 Å². The minimum absolute atomic E-state index is 0.000947. The fourth-order valence-electron chi connectivity index (χ4n) is 14.5. The highest BCUT2D eigenvalue weighted by atomic mass is 16.8. The lowest BCUT2D eigenvalue weighted by Crippen LogP contribution is -2.66. The zero-order valence-corrected chi connectivity index (χ0v) is 42.5. The van der Waals surface area contributed by atoms with E-state index in [0.717, 1.165) is 37.0 Å². The van der Waals surface area contributed by atoms with Gasteiger partial charge in [-0.05, 0) is 106 Å². The molecule has 0 spiro atoms. The van der Waals surface area contributed by atoms with Crippen LogP contribution >= 0.6 is 0 Å². The predicted molar refractivity (Wildman–Crippen MR) is 249 cm³/mol. The van der Waals surface area contributed by atoms with Gasteiger partial charge in [0.05, 0.1) is 50.0 Å². The maximum Gasteiger partial charge on any atom is 0.187 e. The third-order valence-corrected chi connectivity index (χ3v) is 18.9. The minimum Gasteiger partial charge on any atom is -0.491 e. The van der Waals surface area contributed by atoms with Gasteiger partial charge in [0.1, 0.15) is 91.6 Å². The first-order valence-electron chi connectivity index (χ1n) is 26.5. The molecule has 73 heavy (non-hydrogen) atoms. The highest BCUT2D eigenvalue weighted by Crippen LogP contribution is 2.69. The minimum atomic E-state index is -1.76. The van der Waals surface area contributed by atoms with Crippen molar-refractivity contribution in [2.24, 2.45) is 40.4 Å². The predicted octanol–water partition coefficient (Wildman–Crippen LogP) is -2.06. The second-order valence-electron chi connectivity index (χ2n) is 23.3. The lowest BCUT2D eigenvalue weighted by Gasteiger charge is -2.58. The number of allylic oxidation sites excluding steroid dienone is 2.